The first kappa shape index (κ1) is 17.2. The van der Waals surface area contributed by atoms with E-state index in [0.717, 1.165) is 0 Å². The van der Waals surface area contributed by atoms with Crippen molar-refractivity contribution in [3.63, 3.8) is 0 Å². The van der Waals surface area contributed by atoms with Crippen LogP contribution in [-0.2, 0) is 23.9 Å². The number of likely N-dealkylation sites (N-methyl/N-ethyl adjacent to an activating group) is 1. The number of esters is 2. The van der Waals surface area contributed by atoms with Crippen molar-refractivity contribution < 1.29 is 23.9 Å². The van der Waals surface area contributed by atoms with Gasteiger partial charge in [-0.2, -0.15) is 0 Å². The zero-order chi connectivity index (χ0) is 16.2. The summed E-state index contributed by atoms with van der Waals surface area (Å²) in [7, 11) is 3.59. The first-order chi connectivity index (χ1) is 9.72. The van der Waals surface area contributed by atoms with Crippen LogP contribution < -0.4 is 5.32 Å². The SMILES string of the molecule is CC(=O)NC1C=CC(OC(C)=O)C(N(C)C)C1OC(C)=O. The zero-order valence-corrected chi connectivity index (χ0v) is 13.0. The maximum absolute atomic E-state index is 11.4. The molecule has 118 valence electrons. The summed E-state index contributed by atoms with van der Waals surface area (Å²) in [5.74, 6) is -1.11. The lowest BCUT2D eigenvalue weighted by Crippen LogP contribution is -2.60. The summed E-state index contributed by atoms with van der Waals surface area (Å²) in [6.07, 6.45) is 2.19. The smallest absolute Gasteiger partial charge is 0.303 e. The number of amides is 1. The third-order valence-electron chi connectivity index (χ3n) is 3.11. The van der Waals surface area contributed by atoms with Crippen molar-refractivity contribution in [1.29, 1.82) is 0 Å². The van der Waals surface area contributed by atoms with Gasteiger partial charge in [0.1, 0.15) is 12.2 Å². The molecule has 0 aromatic heterocycles. The quantitative estimate of drug-likeness (QED) is 0.574. The van der Waals surface area contributed by atoms with E-state index in [-0.39, 0.29) is 11.9 Å². The summed E-state index contributed by atoms with van der Waals surface area (Å²) in [6.45, 7) is 4.01. The normalized spacial score (nSPS) is 28.1. The summed E-state index contributed by atoms with van der Waals surface area (Å²) in [4.78, 5) is 35.7. The Bertz CT molecular complexity index is 447. The second-order valence-corrected chi connectivity index (χ2v) is 5.21. The standard InChI is InChI=1S/C14H22N2O5/c1-8(17)15-11-6-7-12(20-9(2)18)13(16(4)5)14(11)21-10(3)19/h6-7,11-14H,1-5H3,(H,15,17). The van der Waals surface area contributed by atoms with Crippen molar-refractivity contribution in [3.8, 4) is 0 Å². The molecule has 0 aliphatic heterocycles. The van der Waals surface area contributed by atoms with E-state index >= 15 is 0 Å². The summed E-state index contributed by atoms with van der Waals surface area (Å²) >= 11 is 0. The van der Waals surface area contributed by atoms with Crippen molar-refractivity contribution in [2.75, 3.05) is 14.1 Å². The third-order valence-corrected chi connectivity index (χ3v) is 3.11. The fourth-order valence-corrected chi connectivity index (χ4v) is 2.44. The largest absolute Gasteiger partial charge is 0.458 e. The Labute approximate surface area is 124 Å². The highest BCUT2D eigenvalue weighted by Gasteiger charge is 2.42. The van der Waals surface area contributed by atoms with E-state index in [0.29, 0.717) is 0 Å². The van der Waals surface area contributed by atoms with Crippen LogP contribution in [0, 0.1) is 0 Å². The van der Waals surface area contributed by atoms with Crippen LogP contribution in [0.25, 0.3) is 0 Å². The van der Waals surface area contributed by atoms with Crippen LogP contribution in [0.5, 0.6) is 0 Å². The lowest BCUT2D eigenvalue weighted by molar-refractivity contribution is -0.160. The molecule has 1 aliphatic carbocycles. The van der Waals surface area contributed by atoms with Crippen molar-refractivity contribution in [3.05, 3.63) is 12.2 Å². The second-order valence-electron chi connectivity index (χ2n) is 5.21. The summed E-state index contributed by atoms with van der Waals surface area (Å²) in [6, 6.07) is -0.856. The van der Waals surface area contributed by atoms with Crippen molar-refractivity contribution in [2.45, 2.75) is 45.1 Å². The van der Waals surface area contributed by atoms with Crippen molar-refractivity contribution >= 4 is 17.8 Å². The summed E-state index contributed by atoms with van der Waals surface area (Å²) < 4.78 is 10.6. The number of hydrogen-bond donors (Lipinski definition) is 1. The lowest BCUT2D eigenvalue weighted by atomic mass is 9.90. The van der Waals surface area contributed by atoms with Crippen LogP contribution in [-0.4, -0.2) is 61.1 Å². The number of nitrogens with one attached hydrogen (secondary N) is 1. The second kappa shape index (κ2) is 7.21. The van der Waals surface area contributed by atoms with Crippen LogP contribution in [0.15, 0.2) is 12.2 Å². The number of carbonyl (C=O) groups is 3. The maximum atomic E-state index is 11.4. The van der Waals surface area contributed by atoms with Gasteiger partial charge in [-0.3, -0.25) is 19.3 Å². The Balaban J connectivity index is 3.09. The van der Waals surface area contributed by atoms with Crippen molar-refractivity contribution in [1.82, 2.24) is 10.2 Å². The van der Waals surface area contributed by atoms with E-state index in [2.05, 4.69) is 5.32 Å². The van der Waals surface area contributed by atoms with Crippen molar-refractivity contribution in [2.24, 2.45) is 0 Å². The fourth-order valence-electron chi connectivity index (χ4n) is 2.44. The first-order valence-corrected chi connectivity index (χ1v) is 6.68. The van der Waals surface area contributed by atoms with E-state index in [1.54, 1.807) is 31.1 Å². The minimum atomic E-state index is -0.643. The molecule has 0 saturated heterocycles. The Morgan fingerprint density at radius 3 is 2.00 bits per heavy atom. The van der Waals surface area contributed by atoms with Crippen LogP contribution in [0.1, 0.15) is 20.8 Å². The van der Waals surface area contributed by atoms with Gasteiger partial charge in [-0.15, -0.1) is 0 Å². The molecule has 0 radical (unpaired) electrons. The molecule has 0 aromatic carbocycles. The molecular formula is C14H22N2O5. The lowest BCUT2D eigenvalue weighted by Gasteiger charge is -2.41. The van der Waals surface area contributed by atoms with Gasteiger partial charge in [0, 0.05) is 20.8 Å². The van der Waals surface area contributed by atoms with E-state index in [1.807, 2.05) is 0 Å². The number of hydrogen-bond acceptors (Lipinski definition) is 6. The van der Waals surface area contributed by atoms with Gasteiger partial charge in [-0.25, -0.2) is 0 Å². The van der Waals surface area contributed by atoms with Gasteiger partial charge < -0.3 is 14.8 Å². The van der Waals surface area contributed by atoms with Gasteiger partial charge in [-0.05, 0) is 20.2 Å². The highest BCUT2D eigenvalue weighted by molar-refractivity contribution is 5.74. The predicted molar refractivity (Wildman–Crippen MR) is 75.3 cm³/mol. The Morgan fingerprint density at radius 1 is 1.00 bits per heavy atom. The number of nitrogens with zero attached hydrogens (tertiary/aromatic N) is 1. The highest BCUT2D eigenvalue weighted by atomic mass is 16.6. The summed E-state index contributed by atoms with van der Waals surface area (Å²) in [5.41, 5.74) is 0. The molecule has 1 N–H and O–H groups in total. The molecule has 0 spiro atoms. The third kappa shape index (κ3) is 4.86. The van der Waals surface area contributed by atoms with Crippen LogP contribution in [0.2, 0.25) is 0 Å². The van der Waals surface area contributed by atoms with Crippen LogP contribution in [0.4, 0.5) is 0 Å². The van der Waals surface area contributed by atoms with E-state index in [9.17, 15) is 14.4 Å². The number of rotatable bonds is 4. The molecule has 7 heteroatoms. The number of carbonyl (C=O) groups excluding carboxylic acids is 3. The van der Waals surface area contributed by atoms with Gasteiger partial charge in [0.2, 0.25) is 5.91 Å². The van der Waals surface area contributed by atoms with Crippen LogP contribution in [0.3, 0.4) is 0 Å². The molecule has 21 heavy (non-hydrogen) atoms. The Morgan fingerprint density at radius 2 is 1.57 bits per heavy atom. The highest BCUT2D eigenvalue weighted by Crippen LogP contribution is 2.23. The minimum Gasteiger partial charge on any atom is -0.458 e. The molecule has 4 atom stereocenters. The Kier molecular flexibility index (Phi) is 5.90. The van der Waals surface area contributed by atoms with Gasteiger partial charge in [0.25, 0.3) is 0 Å². The first-order valence-electron chi connectivity index (χ1n) is 6.68. The molecule has 1 aliphatic rings. The average Bonchev–Trinajstić information content (AvgIpc) is 2.30. The molecule has 0 saturated carbocycles. The summed E-state index contributed by atoms with van der Waals surface area (Å²) in [5, 5.41) is 2.73. The van der Waals surface area contributed by atoms with Gasteiger partial charge in [-0.1, -0.05) is 6.08 Å². The molecule has 0 fully saturated rings. The molecule has 4 unspecified atom stereocenters. The molecule has 0 aromatic rings. The van der Waals surface area contributed by atoms with Gasteiger partial charge in [0.05, 0.1) is 12.1 Å². The average molecular weight is 298 g/mol. The molecule has 0 bridgehead atoms. The molecular weight excluding hydrogens is 276 g/mol. The van der Waals surface area contributed by atoms with E-state index in [1.165, 1.54) is 20.8 Å². The predicted octanol–water partition coefficient (Wildman–Crippen LogP) is -0.145. The fraction of sp³-hybridized carbons (Fsp3) is 0.643. The molecule has 7 nitrogen and oxygen atoms in total. The Hall–Kier alpha value is -1.89. The van der Waals surface area contributed by atoms with Gasteiger partial charge in [0.15, 0.2) is 0 Å². The molecule has 0 heterocycles. The maximum Gasteiger partial charge on any atom is 0.303 e. The van der Waals surface area contributed by atoms with E-state index in [4.69, 9.17) is 9.47 Å². The van der Waals surface area contributed by atoms with E-state index < -0.39 is 30.2 Å². The van der Waals surface area contributed by atoms with Crippen LogP contribution >= 0.6 is 0 Å². The zero-order valence-electron chi connectivity index (χ0n) is 13.0. The van der Waals surface area contributed by atoms with Gasteiger partial charge >= 0.3 is 11.9 Å². The topological polar surface area (TPSA) is 84.9 Å². The monoisotopic (exact) mass is 298 g/mol. The minimum absolute atomic E-state index is 0.231. The number of ether oxygens (including phenoxy) is 2. The molecule has 1 rings (SSSR count). The molecule has 1 amide bonds.